The molecule has 33 heavy (non-hydrogen) atoms. The van der Waals surface area contributed by atoms with Crippen LogP contribution in [0.3, 0.4) is 0 Å². The topological polar surface area (TPSA) is 208 Å². The zero-order chi connectivity index (χ0) is 25.1. The molecular formula is C21H30N4O8. The van der Waals surface area contributed by atoms with Gasteiger partial charge in [-0.05, 0) is 23.6 Å². The van der Waals surface area contributed by atoms with Crippen LogP contribution in [0.25, 0.3) is 0 Å². The van der Waals surface area contributed by atoms with Gasteiger partial charge in [0.05, 0.1) is 12.5 Å². The standard InChI is InChI=1S/C21H30N4O8/c1-3-11(2)18(22)21(33)25-14(8-12-4-6-13(26)7-5-12)20(32)24-15(9-16(27)28)19(31)23-10-17(29)30/h4-7,11,14-15,18,26H,3,8-10,22H2,1-2H3,(H,23,31)(H,24,32)(H,25,33)(H,27,28)(H,29,30). The van der Waals surface area contributed by atoms with Gasteiger partial charge in [0.25, 0.3) is 0 Å². The number of carboxylic acids is 2. The molecular weight excluding hydrogens is 436 g/mol. The van der Waals surface area contributed by atoms with E-state index in [4.69, 9.17) is 15.9 Å². The van der Waals surface area contributed by atoms with Crippen LogP contribution in [-0.4, -0.2) is 69.7 Å². The number of amides is 3. The van der Waals surface area contributed by atoms with Crippen LogP contribution >= 0.6 is 0 Å². The van der Waals surface area contributed by atoms with Crippen molar-refractivity contribution in [3.8, 4) is 5.75 Å². The highest BCUT2D eigenvalue weighted by Crippen LogP contribution is 2.12. The van der Waals surface area contributed by atoms with Gasteiger partial charge in [0, 0.05) is 6.42 Å². The Bertz CT molecular complexity index is 858. The molecule has 3 amide bonds. The van der Waals surface area contributed by atoms with E-state index in [9.17, 15) is 29.1 Å². The summed E-state index contributed by atoms with van der Waals surface area (Å²) in [6.07, 6.45) is -0.223. The molecule has 0 radical (unpaired) electrons. The summed E-state index contributed by atoms with van der Waals surface area (Å²) in [5, 5.41) is 34.0. The highest BCUT2D eigenvalue weighted by Gasteiger charge is 2.30. The number of hydrogen-bond donors (Lipinski definition) is 7. The lowest BCUT2D eigenvalue weighted by Gasteiger charge is -2.25. The van der Waals surface area contributed by atoms with Gasteiger partial charge < -0.3 is 37.0 Å². The number of phenols is 1. The minimum atomic E-state index is -1.57. The van der Waals surface area contributed by atoms with Crippen LogP contribution in [0.1, 0.15) is 32.3 Å². The molecule has 0 spiro atoms. The summed E-state index contributed by atoms with van der Waals surface area (Å²) < 4.78 is 0. The fourth-order valence-electron chi connectivity index (χ4n) is 2.80. The number of carbonyl (C=O) groups is 5. The average molecular weight is 466 g/mol. The summed E-state index contributed by atoms with van der Waals surface area (Å²) in [7, 11) is 0. The van der Waals surface area contributed by atoms with E-state index in [1.165, 1.54) is 24.3 Å². The normalized spacial score (nSPS) is 14.3. The minimum absolute atomic E-state index is 0.000737. The highest BCUT2D eigenvalue weighted by atomic mass is 16.4. The molecule has 0 saturated heterocycles. The summed E-state index contributed by atoms with van der Waals surface area (Å²) >= 11 is 0. The molecule has 0 aromatic heterocycles. The van der Waals surface area contributed by atoms with E-state index in [2.05, 4.69) is 10.6 Å². The van der Waals surface area contributed by atoms with Crippen molar-refractivity contribution in [2.75, 3.05) is 6.54 Å². The summed E-state index contributed by atoms with van der Waals surface area (Å²) in [5.74, 6) is -5.39. The molecule has 12 heteroatoms. The third-order valence-corrected chi connectivity index (χ3v) is 4.99. The Morgan fingerprint density at radius 1 is 0.909 bits per heavy atom. The van der Waals surface area contributed by atoms with Gasteiger partial charge in [-0.1, -0.05) is 32.4 Å². The third kappa shape index (κ3) is 9.56. The van der Waals surface area contributed by atoms with Crippen LogP contribution < -0.4 is 21.7 Å². The van der Waals surface area contributed by atoms with Crippen molar-refractivity contribution in [3.05, 3.63) is 29.8 Å². The molecule has 0 aliphatic carbocycles. The predicted octanol–water partition coefficient (Wildman–Crippen LogP) is -1.05. The van der Waals surface area contributed by atoms with Gasteiger partial charge in [-0.15, -0.1) is 0 Å². The molecule has 12 nitrogen and oxygen atoms in total. The van der Waals surface area contributed by atoms with Crippen molar-refractivity contribution in [2.24, 2.45) is 11.7 Å². The Morgan fingerprint density at radius 2 is 1.48 bits per heavy atom. The van der Waals surface area contributed by atoms with Crippen LogP contribution in [0.15, 0.2) is 24.3 Å². The van der Waals surface area contributed by atoms with Crippen LogP contribution in [0.2, 0.25) is 0 Å². The maximum absolute atomic E-state index is 12.9. The van der Waals surface area contributed by atoms with Gasteiger partial charge in [0.15, 0.2) is 0 Å². The first-order valence-electron chi connectivity index (χ1n) is 10.3. The summed E-state index contributed by atoms with van der Waals surface area (Å²) in [6, 6.07) is 2.15. The SMILES string of the molecule is CCC(C)C(N)C(=O)NC(Cc1ccc(O)cc1)C(=O)NC(CC(=O)O)C(=O)NCC(=O)O. The third-order valence-electron chi connectivity index (χ3n) is 4.99. The van der Waals surface area contributed by atoms with Gasteiger partial charge in [0.2, 0.25) is 17.7 Å². The number of aromatic hydroxyl groups is 1. The largest absolute Gasteiger partial charge is 0.508 e. The first-order valence-corrected chi connectivity index (χ1v) is 10.3. The van der Waals surface area contributed by atoms with E-state index in [1.807, 2.05) is 12.2 Å². The fourth-order valence-corrected chi connectivity index (χ4v) is 2.80. The molecule has 0 bridgehead atoms. The van der Waals surface area contributed by atoms with Crippen LogP contribution in [-0.2, 0) is 30.4 Å². The molecule has 0 aliphatic heterocycles. The van der Waals surface area contributed by atoms with Crippen LogP contribution in [0, 0.1) is 5.92 Å². The van der Waals surface area contributed by atoms with Crippen molar-refractivity contribution >= 4 is 29.7 Å². The number of aliphatic carboxylic acids is 2. The quantitative estimate of drug-likeness (QED) is 0.189. The van der Waals surface area contributed by atoms with E-state index in [-0.39, 0.29) is 18.1 Å². The lowest BCUT2D eigenvalue weighted by atomic mass is 9.98. The number of carboxylic acid groups (broad SMARTS) is 2. The Kier molecular flexibility index (Phi) is 10.8. The Hall–Kier alpha value is -3.67. The molecule has 182 valence electrons. The van der Waals surface area contributed by atoms with Crippen LogP contribution in [0.4, 0.5) is 0 Å². The molecule has 4 unspecified atom stereocenters. The van der Waals surface area contributed by atoms with Crippen molar-refractivity contribution in [1.82, 2.24) is 16.0 Å². The molecule has 0 heterocycles. The zero-order valence-electron chi connectivity index (χ0n) is 18.4. The molecule has 8 N–H and O–H groups in total. The summed E-state index contributed by atoms with van der Waals surface area (Å²) in [4.78, 5) is 59.6. The number of benzene rings is 1. The molecule has 0 fully saturated rings. The van der Waals surface area contributed by atoms with Gasteiger partial charge in [-0.25, -0.2) is 0 Å². The smallest absolute Gasteiger partial charge is 0.322 e. The van der Waals surface area contributed by atoms with E-state index >= 15 is 0 Å². The van der Waals surface area contributed by atoms with Crippen molar-refractivity contribution in [1.29, 1.82) is 0 Å². The zero-order valence-corrected chi connectivity index (χ0v) is 18.4. The molecule has 4 atom stereocenters. The highest BCUT2D eigenvalue weighted by molar-refractivity contribution is 5.95. The van der Waals surface area contributed by atoms with Gasteiger partial charge >= 0.3 is 11.9 Å². The second-order valence-corrected chi connectivity index (χ2v) is 7.61. The minimum Gasteiger partial charge on any atom is -0.508 e. The number of hydrogen-bond acceptors (Lipinski definition) is 7. The number of nitrogens with two attached hydrogens (primary N) is 1. The van der Waals surface area contributed by atoms with Gasteiger partial charge in [-0.2, -0.15) is 0 Å². The number of nitrogens with one attached hydrogen (secondary N) is 3. The second kappa shape index (κ2) is 13.0. The van der Waals surface area contributed by atoms with E-state index in [0.717, 1.165) is 0 Å². The fraction of sp³-hybridized carbons (Fsp3) is 0.476. The molecule has 0 saturated carbocycles. The van der Waals surface area contributed by atoms with Gasteiger partial charge in [-0.3, -0.25) is 24.0 Å². The van der Waals surface area contributed by atoms with Gasteiger partial charge in [0.1, 0.15) is 24.4 Å². The maximum Gasteiger partial charge on any atom is 0.322 e. The summed E-state index contributed by atoms with van der Waals surface area (Å²) in [5.41, 5.74) is 6.51. The second-order valence-electron chi connectivity index (χ2n) is 7.61. The number of phenolic OH excluding ortho intramolecular Hbond substituents is 1. The Labute approximate surface area is 190 Å². The lowest BCUT2D eigenvalue weighted by Crippen LogP contribution is -2.57. The Morgan fingerprint density at radius 3 is 2.00 bits per heavy atom. The monoisotopic (exact) mass is 466 g/mol. The molecule has 0 aliphatic rings. The lowest BCUT2D eigenvalue weighted by molar-refractivity contribution is -0.141. The first-order chi connectivity index (χ1) is 15.4. The van der Waals surface area contributed by atoms with Crippen LogP contribution in [0.5, 0.6) is 5.75 Å². The summed E-state index contributed by atoms with van der Waals surface area (Å²) in [6.45, 7) is 2.86. The molecule has 1 aromatic carbocycles. The van der Waals surface area contributed by atoms with Crippen molar-refractivity contribution in [3.63, 3.8) is 0 Å². The molecule has 1 rings (SSSR count). The maximum atomic E-state index is 12.9. The van der Waals surface area contributed by atoms with E-state index < -0.39 is 60.8 Å². The average Bonchev–Trinajstić information content (AvgIpc) is 2.76. The Balaban J connectivity index is 3.08. The number of rotatable bonds is 13. The molecule has 1 aromatic rings. The van der Waals surface area contributed by atoms with E-state index in [1.54, 1.807) is 6.92 Å². The van der Waals surface area contributed by atoms with Crippen molar-refractivity contribution < 1.29 is 39.3 Å². The van der Waals surface area contributed by atoms with E-state index in [0.29, 0.717) is 12.0 Å². The number of carbonyl (C=O) groups excluding carboxylic acids is 3. The first kappa shape index (κ1) is 27.4. The van der Waals surface area contributed by atoms with Crippen molar-refractivity contribution in [2.45, 2.75) is 51.2 Å². The predicted molar refractivity (Wildman–Crippen MR) is 116 cm³/mol.